The molecule has 0 aliphatic heterocycles. The Kier molecular flexibility index (Phi) is 6.20. The summed E-state index contributed by atoms with van der Waals surface area (Å²) in [4.78, 5) is 26.0. The van der Waals surface area contributed by atoms with Gasteiger partial charge in [-0.15, -0.1) is 0 Å². The SMILES string of the molecule is CC(C)c1ccc(C(=O)OCC(=O)N(C)C2CCCCC2)cc1. The van der Waals surface area contributed by atoms with Crippen LogP contribution in [0.15, 0.2) is 24.3 Å². The Hall–Kier alpha value is -1.84. The first-order valence-electron chi connectivity index (χ1n) is 8.51. The molecule has 4 nitrogen and oxygen atoms in total. The molecular formula is C19H27NO3. The molecule has 0 atom stereocenters. The Morgan fingerprint density at radius 3 is 2.30 bits per heavy atom. The second-order valence-electron chi connectivity index (χ2n) is 6.65. The lowest BCUT2D eigenvalue weighted by molar-refractivity contribution is -0.135. The average molecular weight is 317 g/mol. The average Bonchev–Trinajstić information content (AvgIpc) is 2.59. The lowest BCUT2D eigenvalue weighted by Crippen LogP contribution is -2.40. The molecule has 4 heteroatoms. The van der Waals surface area contributed by atoms with E-state index >= 15 is 0 Å². The minimum Gasteiger partial charge on any atom is -0.452 e. The largest absolute Gasteiger partial charge is 0.452 e. The van der Waals surface area contributed by atoms with E-state index in [1.54, 1.807) is 17.0 Å². The molecule has 1 aromatic carbocycles. The third-order valence-corrected chi connectivity index (χ3v) is 4.66. The number of carbonyl (C=O) groups excluding carboxylic acids is 2. The summed E-state index contributed by atoms with van der Waals surface area (Å²) in [5.74, 6) is -0.138. The Morgan fingerprint density at radius 2 is 1.74 bits per heavy atom. The molecule has 1 fully saturated rings. The van der Waals surface area contributed by atoms with Crippen LogP contribution in [0, 0.1) is 0 Å². The lowest BCUT2D eigenvalue weighted by atomic mass is 9.94. The fourth-order valence-electron chi connectivity index (χ4n) is 2.99. The molecule has 0 N–H and O–H groups in total. The van der Waals surface area contributed by atoms with Gasteiger partial charge in [-0.3, -0.25) is 4.79 Å². The van der Waals surface area contributed by atoms with Crippen molar-refractivity contribution in [2.45, 2.75) is 57.9 Å². The molecule has 1 saturated carbocycles. The molecule has 2 rings (SSSR count). The maximum atomic E-state index is 12.2. The van der Waals surface area contributed by atoms with E-state index in [9.17, 15) is 9.59 Å². The summed E-state index contributed by atoms with van der Waals surface area (Å²) in [5.41, 5.74) is 1.66. The first kappa shape index (κ1) is 17.5. The normalized spacial score (nSPS) is 15.5. The van der Waals surface area contributed by atoms with Crippen LogP contribution in [0.3, 0.4) is 0 Å². The van der Waals surface area contributed by atoms with E-state index in [2.05, 4.69) is 13.8 Å². The van der Waals surface area contributed by atoms with Crippen molar-refractivity contribution in [2.24, 2.45) is 0 Å². The van der Waals surface area contributed by atoms with E-state index in [1.165, 1.54) is 24.8 Å². The van der Waals surface area contributed by atoms with Crippen LogP contribution in [0.25, 0.3) is 0 Å². The fourth-order valence-corrected chi connectivity index (χ4v) is 2.99. The van der Waals surface area contributed by atoms with Crippen LogP contribution in [0.1, 0.15) is 67.8 Å². The summed E-state index contributed by atoms with van der Waals surface area (Å²) < 4.78 is 5.17. The van der Waals surface area contributed by atoms with Crippen LogP contribution < -0.4 is 0 Å². The highest BCUT2D eigenvalue weighted by Gasteiger charge is 2.23. The summed E-state index contributed by atoms with van der Waals surface area (Å²) in [6.45, 7) is 4.03. The number of carbonyl (C=O) groups is 2. The van der Waals surface area contributed by atoms with Crippen LogP contribution in [-0.4, -0.2) is 36.5 Å². The molecule has 1 aromatic rings. The van der Waals surface area contributed by atoms with E-state index in [1.807, 2.05) is 19.2 Å². The number of nitrogens with zero attached hydrogens (tertiary/aromatic N) is 1. The van der Waals surface area contributed by atoms with Gasteiger partial charge in [-0.05, 0) is 36.5 Å². The van der Waals surface area contributed by atoms with Crippen molar-refractivity contribution in [3.05, 3.63) is 35.4 Å². The van der Waals surface area contributed by atoms with Gasteiger partial charge in [0.2, 0.25) is 0 Å². The summed E-state index contributed by atoms with van der Waals surface area (Å²) in [6.07, 6.45) is 5.69. The number of amides is 1. The van der Waals surface area contributed by atoms with E-state index in [-0.39, 0.29) is 12.5 Å². The Morgan fingerprint density at radius 1 is 1.13 bits per heavy atom. The Balaban J connectivity index is 1.84. The second kappa shape index (κ2) is 8.14. The number of benzene rings is 1. The highest BCUT2D eigenvalue weighted by molar-refractivity contribution is 5.91. The molecule has 0 bridgehead atoms. The number of rotatable bonds is 5. The van der Waals surface area contributed by atoms with Gasteiger partial charge in [-0.25, -0.2) is 4.79 Å². The summed E-state index contributed by atoms with van der Waals surface area (Å²) in [6, 6.07) is 7.66. The minimum absolute atomic E-state index is 0.121. The monoisotopic (exact) mass is 317 g/mol. The first-order chi connectivity index (χ1) is 11.0. The third kappa shape index (κ3) is 4.81. The van der Waals surface area contributed by atoms with Gasteiger partial charge in [0.05, 0.1) is 5.56 Å². The number of ether oxygens (including phenoxy) is 1. The molecule has 0 spiro atoms. The fraction of sp³-hybridized carbons (Fsp3) is 0.579. The van der Waals surface area contributed by atoms with Gasteiger partial charge in [0, 0.05) is 13.1 Å². The molecule has 23 heavy (non-hydrogen) atoms. The van der Waals surface area contributed by atoms with E-state index < -0.39 is 5.97 Å². The molecule has 126 valence electrons. The van der Waals surface area contributed by atoms with Crippen molar-refractivity contribution in [2.75, 3.05) is 13.7 Å². The highest BCUT2D eigenvalue weighted by atomic mass is 16.5. The molecule has 0 aromatic heterocycles. The van der Waals surface area contributed by atoms with Crippen LogP contribution in [0.2, 0.25) is 0 Å². The topological polar surface area (TPSA) is 46.6 Å². The van der Waals surface area contributed by atoms with Crippen LogP contribution in [0.5, 0.6) is 0 Å². The Bertz CT molecular complexity index is 530. The molecule has 1 aliphatic carbocycles. The van der Waals surface area contributed by atoms with Crippen molar-refractivity contribution in [3.8, 4) is 0 Å². The molecule has 0 radical (unpaired) electrons. The molecule has 0 saturated heterocycles. The zero-order valence-corrected chi connectivity index (χ0v) is 14.4. The minimum atomic E-state index is -0.439. The van der Waals surface area contributed by atoms with E-state index in [4.69, 9.17) is 4.74 Å². The predicted molar refractivity (Wildman–Crippen MR) is 90.5 cm³/mol. The zero-order valence-electron chi connectivity index (χ0n) is 14.4. The van der Waals surface area contributed by atoms with Crippen molar-refractivity contribution >= 4 is 11.9 Å². The number of hydrogen-bond acceptors (Lipinski definition) is 3. The second-order valence-corrected chi connectivity index (χ2v) is 6.65. The predicted octanol–water partition coefficient (Wildman–Crippen LogP) is 3.76. The van der Waals surface area contributed by atoms with E-state index in [0.29, 0.717) is 17.5 Å². The summed E-state index contributed by atoms with van der Waals surface area (Å²) in [7, 11) is 1.81. The quantitative estimate of drug-likeness (QED) is 0.777. The van der Waals surface area contributed by atoms with Gasteiger partial charge in [-0.2, -0.15) is 0 Å². The highest BCUT2D eigenvalue weighted by Crippen LogP contribution is 2.21. The van der Waals surface area contributed by atoms with E-state index in [0.717, 1.165) is 12.8 Å². The van der Waals surface area contributed by atoms with Gasteiger partial charge in [-0.1, -0.05) is 45.2 Å². The van der Waals surface area contributed by atoms with Crippen molar-refractivity contribution in [1.82, 2.24) is 4.90 Å². The lowest BCUT2D eigenvalue weighted by Gasteiger charge is -2.31. The number of esters is 1. The molecular weight excluding hydrogens is 290 g/mol. The van der Waals surface area contributed by atoms with Gasteiger partial charge in [0.25, 0.3) is 5.91 Å². The molecule has 0 heterocycles. The molecule has 1 amide bonds. The van der Waals surface area contributed by atoms with Gasteiger partial charge < -0.3 is 9.64 Å². The van der Waals surface area contributed by atoms with Crippen molar-refractivity contribution < 1.29 is 14.3 Å². The third-order valence-electron chi connectivity index (χ3n) is 4.66. The van der Waals surface area contributed by atoms with Crippen LogP contribution >= 0.6 is 0 Å². The van der Waals surface area contributed by atoms with Crippen LogP contribution in [0.4, 0.5) is 0 Å². The van der Waals surface area contributed by atoms with Gasteiger partial charge >= 0.3 is 5.97 Å². The summed E-state index contributed by atoms with van der Waals surface area (Å²) in [5, 5.41) is 0. The maximum absolute atomic E-state index is 12.2. The number of hydrogen-bond donors (Lipinski definition) is 0. The first-order valence-corrected chi connectivity index (χ1v) is 8.51. The van der Waals surface area contributed by atoms with Gasteiger partial charge in [0.1, 0.15) is 0 Å². The molecule has 0 unspecified atom stereocenters. The van der Waals surface area contributed by atoms with Gasteiger partial charge in [0.15, 0.2) is 6.61 Å². The standard InChI is InChI=1S/C19H27NO3/c1-14(2)15-9-11-16(12-10-15)19(22)23-13-18(21)20(3)17-7-5-4-6-8-17/h9-12,14,17H,4-8,13H2,1-3H3. The number of likely N-dealkylation sites (N-methyl/N-ethyl adjacent to an activating group) is 1. The molecule has 1 aliphatic rings. The smallest absolute Gasteiger partial charge is 0.338 e. The van der Waals surface area contributed by atoms with Crippen LogP contribution in [-0.2, 0) is 9.53 Å². The van der Waals surface area contributed by atoms with Crippen molar-refractivity contribution in [1.29, 1.82) is 0 Å². The zero-order chi connectivity index (χ0) is 16.8. The summed E-state index contributed by atoms with van der Waals surface area (Å²) >= 11 is 0. The Labute approximate surface area is 138 Å². The van der Waals surface area contributed by atoms with Crippen molar-refractivity contribution in [3.63, 3.8) is 0 Å². The maximum Gasteiger partial charge on any atom is 0.338 e.